The zero-order valence-corrected chi connectivity index (χ0v) is 16.7. The Hall–Kier alpha value is -2.45. The average molecular weight is 404 g/mol. The summed E-state index contributed by atoms with van der Waals surface area (Å²) in [6, 6.07) is 7.24. The summed E-state index contributed by atoms with van der Waals surface area (Å²) in [7, 11) is -3.20. The third kappa shape index (κ3) is 4.88. The second kappa shape index (κ2) is 8.70. The van der Waals surface area contributed by atoms with E-state index in [1.54, 1.807) is 18.3 Å². The van der Waals surface area contributed by atoms with Crippen molar-refractivity contribution in [3.8, 4) is 0 Å². The van der Waals surface area contributed by atoms with Gasteiger partial charge in [-0.15, -0.1) is 0 Å². The fraction of sp³-hybridized carbons (Fsp3) is 0.400. The SMILES string of the molecule is CCCS(=O)(=O)NCCc1ccc(NC(=O)c2c[nH]c3c2C(=O)CCC3)cc1. The quantitative estimate of drug-likeness (QED) is 0.630. The van der Waals surface area contributed by atoms with Gasteiger partial charge in [-0.05, 0) is 43.4 Å². The molecule has 3 N–H and O–H groups in total. The van der Waals surface area contributed by atoms with Gasteiger partial charge in [0.25, 0.3) is 5.91 Å². The molecule has 0 spiro atoms. The van der Waals surface area contributed by atoms with E-state index in [4.69, 9.17) is 0 Å². The van der Waals surface area contributed by atoms with Crippen molar-refractivity contribution in [2.75, 3.05) is 17.6 Å². The van der Waals surface area contributed by atoms with Crippen molar-refractivity contribution in [3.63, 3.8) is 0 Å². The van der Waals surface area contributed by atoms with Gasteiger partial charge in [0.2, 0.25) is 10.0 Å². The Kier molecular flexibility index (Phi) is 6.31. The number of aromatic nitrogens is 1. The minimum atomic E-state index is -3.20. The molecule has 1 aromatic heterocycles. The standard InChI is InChI=1S/C20H25N3O4S/c1-2-12-28(26,27)22-11-10-14-6-8-15(9-7-14)23-20(25)16-13-21-17-4-3-5-18(24)19(16)17/h6-9,13,21-22H,2-5,10-12H2,1H3,(H,23,25). The number of hydrogen-bond donors (Lipinski definition) is 3. The van der Waals surface area contributed by atoms with E-state index in [1.165, 1.54) is 0 Å². The molecule has 0 aliphatic heterocycles. The first-order valence-electron chi connectivity index (χ1n) is 9.50. The predicted octanol–water partition coefficient (Wildman–Crippen LogP) is 2.66. The number of ketones is 1. The summed E-state index contributed by atoms with van der Waals surface area (Å²) in [6.07, 6.45) is 4.81. The molecule has 0 bridgehead atoms. The van der Waals surface area contributed by atoms with Gasteiger partial charge in [0.05, 0.1) is 16.9 Å². The molecule has 0 atom stereocenters. The first kappa shape index (κ1) is 20.3. The number of Topliss-reactive ketones (excluding diaryl/α,β-unsaturated/α-hetero) is 1. The summed E-state index contributed by atoms with van der Waals surface area (Å²) in [4.78, 5) is 27.7. The van der Waals surface area contributed by atoms with E-state index in [1.807, 2.05) is 19.1 Å². The molecule has 2 aromatic rings. The number of carbonyl (C=O) groups excluding carboxylic acids is 2. The third-order valence-electron chi connectivity index (χ3n) is 4.74. The summed E-state index contributed by atoms with van der Waals surface area (Å²) in [6.45, 7) is 2.16. The minimum absolute atomic E-state index is 0.00789. The Morgan fingerprint density at radius 1 is 1.18 bits per heavy atom. The zero-order valence-electron chi connectivity index (χ0n) is 15.9. The van der Waals surface area contributed by atoms with Gasteiger partial charge >= 0.3 is 0 Å². The molecular weight excluding hydrogens is 378 g/mol. The minimum Gasteiger partial charge on any atom is -0.364 e. The van der Waals surface area contributed by atoms with Crippen LogP contribution in [0, 0.1) is 0 Å². The molecule has 150 valence electrons. The normalized spacial score (nSPS) is 14.0. The van der Waals surface area contributed by atoms with Crippen LogP contribution in [0.25, 0.3) is 0 Å². The molecule has 1 aliphatic carbocycles. The zero-order chi connectivity index (χ0) is 20.1. The lowest BCUT2D eigenvalue weighted by molar-refractivity contribution is 0.0956. The van der Waals surface area contributed by atoms with E-state index in [2.05, 4.69) is 15.0 Å². The highest BCUT2D eigenvalue weighted by atomic mass is 32.2. The highest BCUT2D eigenvalue weighted by Crippen LogP contribution is 2.24. The van der Waals surface area contributed by atoms with Crippen molar-refractivity contribution in [1.29, 1.82) is 0 Å². The first-order valence-corrected chi connectivity index (χ1v) is 11.2. The van der Waals surface area contributed by atoms with Crippen LogP contribution in [-0.2, 0) is 22.9 Å². The molecular formula is C20H25N3O4S. The largest absolute Gasteiger partial charge is 0.364 e. The molecule has 3 rings (SSSR count). The number of sulfonamides is 1. The van der Waals surface area contributed by atoms with Gasteiger partial charge in [0.1, 0.15) is 0 Å². The van der Waals surface area contributed by atoms with E-state index < -0.39 is 10.0 Å². The Morgan fingerprint density at radius 2 is 1.93 bits per heavy atom. The van der Waals surface area contributed by atoms with Gasteiger partial charge in [0.15, 0.2) is 5.78 Å². The Bertz CT molecular complexity index is 962. The maximum Gasteiger partial charge on any atom is 0.257 e. The van der Waals surface area contributed by atoms with Crippen molar-refractivity contribution in [3.05, 3.63) is 52.8 Å². The van der Waals surface area contributed by atoms with Crippen LogP contribution < -0.4 is 10.0 Å². The molecule has 0 fully saturated rings. The van der Waals surface area contributed by atoms with Crippen LogP contribution in [0.15, 0.2) is 30.5 Å². The number of aryl methyl sites for hydroxylation is 1. The molecule has 28 heavy (non-hydrogen) atoms. The number of benzene rings is 1. The number of carbonyl (C=O) groups is 2. The molecule has 1 heterocycles. The van der Waals surface area contributed by atoms with Crippen LogP contribution in [0.3, 0.4) is 0 Å². The molecule has 8 heteroatoms. The number of amides is 1. The van der Waals surface area contributed by atoms with Crippen molar-refractivity contribution >= 4 is 27.4 Å². The number of hydrogen-bond acceptors (Lipinski definition) is 4. The highest BCUT2D eigenvalue weighted by molar-refractivity contribution is 7.89. The molecule has 0 saturated heterocycles. The molecule has 7 nitrogen and oxygen atoms in total. The first-order chi connectivity index (χ1) is 13.4. The molecule has 1 aliphatic rings. The molecule has 0 unspecified atom stereocenters. The second-order valence-corrected chi connectivity index (χ2v) is 8.87. The van der Waals surface area contributed by atoms with E-state index in [9.17, 15) is 18.0 Å². The van der Waals surface area contributed by atoms with Gasteiger partial charge in [-0.1, -0.05) is 19.1 Å². The van der Waals surface area contributed by atoms with Crippen molar-refractivity contribution in [2.45, 2.75) is 39.0 Å². The van der Waals surface area contributed by atoms with Crippen LogP contribution in [0.2, 0.25) is 0 Å². The molecule has 0 saturated carbocycles. The van der Waals surface area contributed by atoms with Crippen LogP contribution in [0.4, 0.5) is 5.69 Å². The van der Waals surface area contributed by atoms with Crippen LogP contribution in [0.1, 0.15) is 58.2 Å². The topological polar surface area (TPSA) is 108 Å². The Labute approximate surface area is 165 Å². The van der Waals surface area contributed by atoms with E-state index in [-0.39, 0.29) is 17.4 Å². The summed E-state index contributed by atoms with van der Waals surface area (Å²) in [5.74, 6) is -0.176. The van der Waals surface area contributed by atoms with Gasteiger partial charge < -0.3 is 10.3 Å². The summed E-state index contributed by atoms with van der Waals surface area (Å²) in [5, 5.41) is 2.82. The Balaban J connectivity index is 1.58. The maximum absolute atomic E-state index is 12.6. The van der Waals surface area contributed by atoms with Gasteiger partial charge in [-0.2, -0.15) is 0 Å². The summed E-state index contributed by atoms with van der Waals surface area (Å²) >= 11 is 0. The van der Waals surface area contributed by atoms with Crippen LogP contribution in [0.5, 0.6) is 0 Å². The average Bonchev–Trinajstić information content (AvgIpc) is 3.09. The van der Waals surface area contributed by atoms with Crippen molar-refractivity contribution in [1.82, 2.24) is 9.71 Å². The third-order valence-corrected chi connectivity index (χ3v) is 6.33. The van der Waals surface area contributed by atoms with E-state index in [0.717, 1.165) is 24.1 Å². The van der Waals surface area contributed by atoms with E-state index >= 15 is 0 Å². The summed E-state index contributed by atoms with van der Waals surface area (Å²) in [5.41, 5.74) is 3.32. The number of aromatic amines is 1. The highest BCUT2D eigenvalue weighted by Gasteiger charge is 2.25. The lowest BCUT2D eigenvalue weighted by Crippen LogP contribution is -2.28. The fourth-order valence-corrected chi connectivity index (χ4v) is 4.45. The molecule has 0 radical (unpaired) electrons. The van der Waals surface area contributed by atoms with Crippen molar-refractivity contribution < 1.29 is 18.0 Å². The number of nitrogens with one attached hydrogen (secondary N) is 3. The lowest BCUT2D eigenvalue weighted by Gasteiger charge is -2.12. The van der Waals surface area contributed by atoms with Gasteiger partial charge in [0, 0.05) is 30.5 Å². The second-order valence-electron chi connectivity index (χ2n) is 6.95. The monoisotopic (exact) mass is 403 g/mol. The number of H-pyrrole nitrogens is 1. The summed E-state index contributed by atoms with van der Waals surface area (Å²) < 4.78 is 25.9. The molecule has 1 aromatic carbocycles. The predicted molar refractivity (Wildman–Crippen MR) is 108 cm³/mol. The maximum atomic E-state index is 12.6. The number of fused-ring (bicyclic) bond motifs is 1. The van der Waals surface area contributed by atoms with Crippen molar-refractivity contribution in [2.24, 2.45) is 0 Å². The smallest absolute Gasteiger partial charge is 0.257 e. The van der Waals surface area contributed by atoms with Crippen LogP contribution in [-0.4, -0.2) is 37.4 Å². The number of anilines is 1. The molecule has 1 amide bonds. The number of rotatable bonds is 8. The Morgan fingerprint density at radius 3 is 2.64 bits per heavy atom. The van der Waals surface area contributed by atoms with Gasteiger partial charge in [-0.25, -0.2) is 13.1 Å². The van der Waals surface area contributed by atoms with Crippen LogP contribution >= 0.6 is 0 Å². The van der Waals surface area contributed by atoms with E-state index in [0.29, 0.717) is 42.6 Å². The van der Waals surface area contributed by atoms with Gasteiger partial charge in [-0.3, -0.25) is 9.59 Å². The lowest BCUT2D eigenvalue weighted by atomic mass is 9.93. The fourth-order valence-electron chi connectivity index (χ4n) is 3.36.